The molecule has 45 heavy (non-hydrogen) atoms. The van der Waals surface area contributed by atoms with E-state index < -0.39 is 20.8 Å². The molecule has 0 aromatic carbocycles. The molecule has 0 fully saturated rings. The summed E-state index contributed by atoms with van der Waals surface area (Å²) in [6, 6.07) is 0. The Hall–Kier alpha value is -0.334. The Balaban J connectivity index is -0.000000767. The first kappa shape index (κ1) is 49.1. The van der Waals surface area contributed by atoms with Crippen LogP contribution in [0, 0.1) is 0 Å². The number of hydrogen-bond donors (Lipinski definition) is 0. The van der Waals surface area contributed by atoms with Crippen LogP contribution in [0.15, 0.2) is 24.7 Å². The molecule has 0 aromatic heterocycles. The van der Waals surface area contributed by atoms with Gasteiger partial charge in [-0.2, -0.15) is 0 Å². The van der Waals surface area contributed by atoms with Crippen molar-refractivity contribution in [3.05, 3.63) is 24.7 Å². The minimum Gasteiger partial charge on any atom is -0.716 e. The maximum Gasteiger partial charge on any atom is 2.00 e. The molecule has 0 aliphatic carbocycles. The second-order valence-corrected chi connectivity index (χ2v) is 13.8. The third-order valence-electron chi connectivity index (χ3n) is 7.49. The van der Waals surface area contributed by atoms with Gasteiger partial charge in [0.05, 0.1) is 0 Å². The second-order valence-electron chi connectivity index (χ2n) is 11.8. The van der Waals surface area contributed by atoms with E-state index in [-0.39, 0.29) is 23.1 Å². The van der Waals surface area contributed by atoms with Gasteiger partial charge in [-0.15, -0.1) is 0 Å². The molecule has 0 aliphatic heterocycles. The molecular weight excluding hydrogens is 625 g/mol. The van der Waals surface area contributed by atoms with Crippen molar-refractivity contribution in [3.63, 3.8) is 0 Å². The van der Waals surface area contributed by atoms with Crippen LogP contribution in [0.4, 0.5) is 0 Å². The molecule has 0 bridgehead atoms. The topological polar surface area (TPSA) is 133 Å². The van der Waals surface area contributed by atoms with Gasteiger partial charge in [0.25, 0.3) is 20.8 Å². The van der Waals surface area contributed by atoms with Crippen molar-refractivity contribution in [3.8, 4) is 0 Å². The van der Waals surface area contributed by atoms with Crippen molar-refractivity contribution in [2.24, 2.45) is 0 Å². The van der Waals surface area contributed by atoms with Crippen LogP contribution in [-0.2, 0) is 29.2 Å². The van der Waals surface area contributed by atoms with Gasteiger partial charge in [-0.05, 0) is 37.8 Å². The largest absolute Gasteiger partial charge is 2.00 e. The number of rotatable bonds is 32. The number of hydrogen-bond acceptors (Lipinski definition) is 8. The van der Waals surface area contributed by atoms with E-state index in [2.05, 4.69) is 22.2 Å². The Bertz CT molecular complexity index is 776. The van der Waals surface area contributed by atoms with Crippen LogP contribution in [0.5, 0.6) is 0 Å². The summed E-state index contributed by atoms with van der Waals surface area (Å²) in [7, 11) is -9.16. The van der Waals surface area contributed by atoms with E-state index in [9.17, 15) is 25.9 Å². The molecule has 0 unspecified atom stereocenters. The van der Waals surface area contributed by atoms with Crippen molar-refractivity contribution >= 4 is 43.9 Å². The van der Waals surface area contributed by atoms with Gasteiger partial charge in [0.2, 0.25) is 0 Å². The molecule has 0 aromatic rings. The molecule has 8 nitrogen and oxygen atoms in total. The van der Waals surface area contributed by atoms with Gasteiger partial charge in [-0.3, -0.25) is 0 Å². The van der Waals surface area contributed by atoms with Crippen LogP contribution in [-0.4, -0.2) is 49.0 Å². The summed E-state index contributed by atoms with van der Waals surface area (Å²) in [4.78, 5) is 0. The Morgan fingerprint density at radius 3 is 0.800 bits per heavy atom. The van der Waals surface area contributed by atoms with Crippen LogP contribution in [0.2, 0.25) is 0 Å². The zero-order valence-corrected chi connectivity index (χ0v) is 31.9. The molecule has 0 atom stereocenters. The van der Waals surface area contributed by atoms with E-state index >= 15 is 0 Å². The average Bonchev–Trinajstić information content (AvgIpc) is 2.96. The van der Waals surface area contributed by atoms with E-state index in [4.69, 9.17) is 0 Å². The minimum absolute atomic E-state index is 0. The van der Waals surface area contributed by atoms with Crippen molar-refractivity contribution < 1.29 is 34.3 Å². The van der Waals surface area contributed by atoms with E-state index in [1.165, 1.54) is 141 Å². The monoisotopic (exact) mass is 690 g/mol. The SMILES string of the molecule is CCCCCCCCCCCCCCC/C=C/OS(=O)(=O)[O-].CCCCCCCCCCCCCCC/C=C/OS(=O)(=O)[O-].[Mg+2]. The van der Waals surface area contributed by atoms with Crippen LogP contribution in [0.3, 0.4) is 0 Å². The zero-order valence-electron chi connectivity index (χ0n) is 28.9. The maximum absolute atomic E-state index is 10.2. The van der Waals surface area contributed by atoms with E-state index in [1.54, 1.807) is 12.2 Å². The fraction of sp³-hybridized carbons (Fsp3) is 0.882. The minimum atomic E-state index is -4.58. The summed E-state index contributed by atoms with van der Waals surface area (Å²) >= 11 is 0. The third kappa shape index (κ3) is 53.4. The fourth-order valence-corrected chi connectivity index (χ4v) is 5.34. The Kier molecular flexibility index (Phi) is 41.6. The smallest absolute Gasteiger partial charge is 0.716 e. The summed E-state index contributed by atoms with van der Waals surface area (Å²) in [5.41, 5.74) is 0. The van der Waals surface area contributed by atoms with Gasteiger partial charge in [-0.25, -0.2) is 16.8 Å². The second kappa shape index (κ2) is 38.1. The third-order valence-corrected chi connectivity index (χ3v) is 8.18. The average molecular weight is 691 g/mol. The fourth-order valence-electron chi connectivity index (χ4n) is 4.91. The van der Waals surface area contributed by atoms with Crippen molar-refractivity contribution in [1.29, 1.82) is 0 Å². The Labute approximate surface area is 295 Å². The predicted octanol–water partition coefficient (Wildman–Crippen LogP) is 10.5. The predicted molar refractivity (Wildman–Crippen MR) is 186 cm³/mol. The number of allylic oxidation sites excluding steroid dienone is 2. The summed E-state index contributed by atoms with van der Waals surface area (Å²) in [6.45, 7) is 4.50. The van der Waals surface area contributed by atoms with Crippen LogP contribution < -0.4 is 0 Å². The molecule has 0 saturated carbocycles. The Morgan fingerprint density at radius 1 is 0.400 bits per heavy atom. The molecule has 0 saturated heterocycles. The first-order valence-electron chi connectivity index (χ1n) is 17.7. The first-order valence-corrected chi connectivity index (χ1v) is 20.4. The van der Waals surface area contributed by atoms with Crippen molar-refractivity contribution in [2.75, 3.05) is 0 Å². The van der Waals surface area contributed by atoms with Gasteiger partial charge < -0.3 is 17.5 Å². The molecular formula is C34H66MgO8S2. The van der Waals surface area contributed by atoms with Crippen LogP contribution in [0.25, 0.3) is 0 Å². The van der Waals surface area contributed by atoms with Crippen molar-refractivity contribution in [1.82, 2.24) is 0 Å². The summed E-state index contributed by atoms with van der Waals surface area (Å²) < 4.78 is 68.9. The van der Waals surface area contributed by atoms with Gasteiger partial charge in [0.15, 0.2) is 0 Å². The van der Waals surface area contributed by atoms with Gasteiger partial charge in [0, 0.05) is 0 Å². The normalized spacial score (nSPS) is 11.8. The molecule has 0 aliphatic rings. The molecule has 0 heterocycles. The molecule has 264 valence electrons. The first-order chi connectivity index (χ1) is 21.1. The molecule has 0 spiro atoms. The summed E-state index contributed by atoms with van der Waals surface area (Å²) in [5.74, 6) is 0. The number of unbranched alkanes of at least 4 members (excludes halogenated alkanes) is 26. The molecule has 0 rings (SSSR count). The molecule has 0 amide bonds. The van der Waals surface area contributed by atoms with Gasteiger partial charge in [-0.1, -0.05) is 168 Å². The Morgan fingerprint density at radius 2 is 0.600 bits per heavy atom. The zero-order chi connectivity index (χ0) is 33.0. The van der Waals surface area contributed by atoms with Crippen LogP contribution in [0.1, 0.15) is 194 Å². The maximum atomic E-state index is 10.2. The quantitative estimate of drug-likeness (QED) is 0.0224. The van der Waals surface area contributed by atoms with Gasteiger partial charge in [0.1, 0.15) is 12.5 Å². The summed E-state index contributed by atoms with van der Waals surface area (Å²) in [6.07, 6.45) is 40.6. The van der Waals surface area contributed by atoms with Crippen LogP contribution >= 0.6 is 0 Å². The molecule has 0 radical (unpaired) electrons. The van der Waals surface area contributed by atoms with E-state index in [1.807, 2.05) is 0 Å². The summed E-state index contributed by atoms with van der Waals surface area (Å²) in [5, 5.41) is 0. The van der Waals surface area contributed by atoms with E-state index in [0.29, 0.717) is 0 Å². The van der Waals surface area contributed by atoms with E-state index in [0.717, 1.165) is 51.0 Å². The molecule has 11 heteroatoms. The molecule has 0 N–H and O–H groups in total. The van der Waals surface area contributed by atoms with Crippen molar-refractivity contribution in [2.45, 2.75) is 194 Å². The van der Waals surface area contributed by atoms with Gasteiger partial charge >= 0.3 is 23.1 Å². The standard InChI is InChI=1S/2C17H34O4S.Mg/c2*1-2-3-4-5-6-7-8-9-10-11-12-13-14-15-16-17-21-22(18,19)20;/h2*16-17H,2-15H2,1H3,(H,18,19,20);/q;;+2/p-2/b2*17-16+;.